The van der Waals surface area contributed by atoms with Crippen molar-refractivity contribution in [2.75, 3.05) is 26.0 Å². The topological polar surface area (TPSA) is 93.7 Å². The van der Waals surface area contributed by atoms with E-state index in [1.807, 2.05) is 36.4 Å². The predicted molar refractivity (Wildman–Crippen MR) is 102 cm³/mol. The monoisotopic (exact) mass is 390 g/mol. The Morgan fingerprint density at radius 3 is 2.52 bits per heavy atom. The Labute approximate surface area is 158 Å². The summed E-state index contributed by atoms with van der Waals surface area (Å²) < 4.78 is 36.0. The van der Waals surface area contributed by atoms with Crippen LogP contribution in [0.5, 0.6) is 11.5 Å². The number of sulfonamides is 1. The normalized spacial score (nSPS) is 16.0. The van der Waals surface area contributed by atoms with Crippen molar-refractivity contribution in [2.45, 2.75) is 12.5 Å². The minimum absolute atomic E-state index is 0.196. The second-order valence-corrected chi connectivity index (χ2v) is 8.15. The fraction of sp³-hybridized carbons (Fsp3) is 0.316. The molecule has 0 radical (unpaired) electrons. The predicted octanol–water partition coefficient (Wildman–Crippen LogP) is 1.35. The van der Waals surface area contributed by atoms with Crippen molar-refractivity contribution in [3.8, 4) is 11.5 Å². The van der Waals surface area contributed by atoms with Crippen molar-refractivity contribution in [3.63, 3.8) is 0 Å². The first-order valence-electron chi connectivity index (χ1n) is 8.61. The number of carbonyl (C=O) groups is 1. The van der Waals surface area contributed by atoms with Crippen molar-refractivity contribution in [3.05, 3.63) is 59.7 Å². The van der Waals surface area contributed by atoms with Gasteiger partial charge in [-0.05, 0) is 36.2 Å². The number of hydrogen-bond donors (Lipinski definition) is 2. The Kier molecular flexibility index (Phi) is 5.98. The summed E-state index contributed by atoms with van der Waals surface area (Å²) in [5.41, 5.74) is 1.48. The minimum Gasteiger partial charge on any atom is -0.486 e. The van der Waals surface area contributed by atoms with Gasteiger partial charge in [-0.15, -0.1) is 0 Å². The maximum absolute atomic E-state index is 12.3. The first-order valence-corrected chi connectivity index (χ1v) is 10.5. The highest BCUT2D eigenvalue weighted by atomic mass is 32.2. The Morgan fingerprint density at radius 2 is 1.81 bits per heavy atom. The molecule has 0 spiro atoms. The van der Waals surface area contributed by atoms with E-state index in [2.05, 4.69) is 10.0 Å². The molecule has 27 heavy (non-hydrogen) atoms. The van der Waals surface area contributed by atoms with Crippen LogP contribution in [0.4, 0.5) is 0 Å². The van der Waals surface area contributed by atoms with Crippen molar-refractivity contribution >= 4 is 15.9 Å². The van der Waals surface area contributed by atoms with Crippen molar-refractivity contribution in [1.29, 1.82) is 0 Å². The molecule has 0 bridgehead atoms. The quantitative estimate of drug-likeness (QED) is 0.744. The standard InChI is InChI=1S/C19H22N2O5S/c1-27(23,24)21-11-10-14-6-8-15(9-7-14)19(22)20-12-16-13-25-17-4-2-3-5-18(17)26-16/h2-9,16,21H,10-13H2,1H3,(H,20,22)/t16-/m0/s1. The number of rotatable bonds is 7. The SMILES string of the molecule is CS(=O)(=O)NCCc1ccc(C(=O)NC[C@H]2COc3ccccc3O2)cc1. The van der Waals surface area contributed by atoms with Gasteiger partial charge in [0.05, 0.1) is 12.8 Å². The molecule has 1 heterocycles. The van der Waals surface area contributed by atoms with Crippen molar-refractivity contribution in [2.24, 2.45) is 0 Å². The van der Waals surface area contributed by atoms with E-state index in [-0.39, 0.29) is 12.0 Å². The van der Waals surface area contributed by atoms with Crippen LogP contribution in [0.2, 0.25) is 0 Å². The Bertz CT molecular complexity index is 897. The van der Waals surface area contributed by atoms with Gasteiger partial charge in [-0.1, -0.05) is 24.3 Å². The van der Waals surface area contributed by atoms with Crippen LogP contribution in [0.15, 0.2) is 48.5 Å². The van der Waals surface area contributed by atoms with Gasteiger partial charge in [0, 0.05) is 12.1 Å². The second kappa shape index (κ2) is 8.41. The number of carbonyl (C=O) groups excluding carboxylic acids is 1. The van der Waals surface area contributed by atoms with Gasteiger partial charge < -0.3 is 14.8 Å². The number of amides is 1. The summed E-state index contributed by atoms with van der Waals surface area (Å²) in [6.45, 7) is 1.04. The molecule has 0 fully saturated rings. The molecule has 2 aromatic rings. The van der Waals surface area contributed by atoms with Crippen LogP contribution in [-0.4, -0.2) is 46.4 Å². The lowest BCUT2D eigenvalue weighted by Gasteiger charge is -2.26. The molecule has 1 aliphatic heterocycles. The molecule has 7 nitrogen and oxygen atoms in total. The van der Waals surface area contributed by atoms with Gasteiger partial charge in [0.25, 0.3) is 5.91 Å². The fourth-order valence-corrected chi connectivity index (χ4v) is 3.15. The molecule has 1 atom stereocenters. The van der Waals surface area contributed by atoms with E-state index >= 15 is 0 Å². The molecule has 0 unspecified atom stereocenters. The van der Waals surface area contributed by atoms with Gasteiger partial charge in [-0.25, -0.2) is 13.1 Å². The van der Waals surface area contributed by atoms with Crippen LogP contribution >= 0.6 is 0 Å². The molecule has 0 aromatic heterocycles. The number of benzene rings is 2. The van der Waals surface area contributed by atoms with Gasteiger partial charge >= 0.3 is 0 Å². The minimum atomic E-state index is -3.19. The van der Waals surface area contributed by atoms with E-state index in [1.54, 1.807) is 12.1 Å². The third kappa shape index (κ3) is 5.70. The molecular weight excluding hydrogens is 368 g/mol. The van der Waals surface area contributed by atoms with Gasteiger partial charge in [0.2, 0.25) is 10.0 Å². The summed E-state index contributed by atoms with van der Waals surface area (Å²) in [5.74, 6) is 1.19. The average molecular weight is 390 g/mol. The Hall–Kier alpha value is -2.58. The molecule has 0 aliphatic carbocycles. The summed E-state index contributed by atoms with van der Waals surface area (Å²) in [4.78, 5) is 12.3. The number of fused-ring (bicyclic) bond motifs is 1. The lowest BCUT2D eigenvalue weighted by Crippen LogP contribution is -2.40. The molecule has 144 valence electrons. The molecular formula is C19H22N2O5S. The zero-order chi connectivity index (χ0) is 19.3. The van der Waals surface area contributed by atoms with E-state index in [4.69, 9.17) is 9.47 Å². The number of hydrogen-bond acceptors (Lipinski definition) is 5. The van der Waals surface area contributed by atoms with Crippen LogP contribution in [-0.2, 0) is 16.4 Å². The highest BCUT2D eigenvalue weighted by molar-refractivity contribution is 7.88. The number of nitrogens with one attached hydrogen (secondary N) is 2. The molecule has 1 amide bonds. The lowest BCUT2D eigenvalue weighted by molar-refractivity contribution is 0.0789. The zero-order valence-electron chi connectivity index (χ0n) is 15.0. The van der Waals surface area contributed by atoms with E-state index in [1.165, 1.54) is 0 Å². The van der Waals surface area contributed by atoms with Crippen molar-refractivity contribution in [1.82, 2.24) is 10.0 Å². The zero-order valence-corrected chi connectivity index (χ0v) is 15.8. The third-order valence-electron chi connectivity index (χ3n) is 4.05. The fourth-order valence-electron chi connectivity index (χ4n) is 2.68. The summed E-state index contributed by atoms with van der Waals surface area (Å²) in [7, 11) is -3.19. The van der Waals surface area contributed by atoms with Crippen LogP contribution in [0, 0.1) is 0 Å². The molecule has 0 saturated carbocycles. The van der Waals surface area contributed by atoms with E-state index < -0.39 is 10.0 Å². The van der Waals surface area contributed by atoms with E-state index in [9.17, 15) is 13.2 Å². The van der Waals surface area contributed by atoms with Crippen LogP contribution in [0.1, 0.15) is 15.9 Å². The van der Waals surface area contributed by atoms with E-state index in [0.717, 1.165) is 11.8 Å². The van der Waals surface area contributed by atoms with Crippen LogP contribution in [0.3, 0.4) is 0 Å². The highest BCUT2D eigenvalue weighted by Gasteiger charge is 2.21. The first kappa shape index (κ1) is 19.2. The van der Waals surface area contributed by atoms with Gasteiger partial charge in [0.15, 0.2) is 11.5 Å². The average Bonchev–Trinajstić information content (AvgIpc) is 2.65. The summed E-state index contributed by atoms with van der Waals surface area (Å²) >= 11 is 0. The van der Waals surface area contributed by atoms with Crippen LogP contribution in [0.25, 0.3) is 0 Å². The molecule has 0 saturated heterocycles. The van der Waals surface area contributed by atoms with Gasteiger partial charge in [-0.3, -0.25) is 4.79 Å². The van der Waals surface area contributed by atoms with Crippen molar-refractivity contribution < 1.29 is 22.7 Å². The van der Waals surface area contributed by atoms with Gasteiger partial charge in [-0.2, -0.15) is 0 Å². The smallest absolute Gasteiger partial charge is 0.251 e. The maximum atomic E-state index is 12.3. The molecule has 2 N–H and O–H groups in total. The number of para-hydroxylation sites is 2. The van der Waals surface area contributed by atoms with E-state index in [0.29, 0.717) is 43.2 Å². The summed E-state index contributed by atoms with van der Waals surface area (Å²) in [6.07, 6.45) is 1.44. The molecule has 8 heteroatoms. The van der Waals surface area contributed by atoms with Gasteiger partial charge in [0.1, 0.15) is 12.7 Å². The highest BCUT2D eigenvalue weighted by Crippen LogP contribution is 2.30. The first-order chi connectivity index (χ1) is 12.9. The summed E-state index contributed by atoms with van der Waals surface area (Å²) in [6, 6.07) is 14.5. The maximum Gasteiger partial charge on any atom is 0.251 e. The third-order valence-corrected chi connectivity index (χ3v) is 4.78. The summed E-state index contributed by atoms with van der Waals surface area (Å²) in [5, 5.41) is 2.85. The Morgan fingerprint density at radius 1 is 1.11 bits per heavy atom. The number of ether oxygens (including phenoxy) is 2. The van der Waals surface area contributed by atoms with Crippen LogP contribution < -0.4 is 19.5 Å². The molecule has 2 aromatic carbocycles. The Balaban J connectivity index is 1.47. The molecule has 1 aliphatic rings. The lowest BCUT2D eigenvalue weighted by atomic mass is 10.1. The second-order valence-electron chi connectivity index (χ2n) is 6.32. The molecule has 3 rings (SSSR count). The largest absolute Gasteiger partial charge is 0.486 e.